The maximum absolute atomic E-state index is 12.9. The number of nitrogens with zero attached hydrogens (tertiary/aromatic N) is 1. The molecule has 1 saturated heterocycles. The predicted molar refractivity (Wildman–Crippen MR) is 85.7 cm³/mol. The van der Waals surface area contributed by atoms with Crippen LogP contribution in [0, 0.1) is 5.82 Å². The molecule has 21 heavy (non-hydrogen) atoms. The summed E-state index contributed by atoms with van der Waals surface area (Å²) < 4.78 is 12.9. The van der Waals surface area contributed by atoms with Gasteiger partial charge in [0.15, 0.2) is 0 Å². The average molecular weight is 313 g/mol. The number of piperidine rings is 1. The second-order valence-corrected chi connectivity index (χ2v) is 5.26. The Morgan fingerprint density at radius 1 is 1.38 bits per heavy atom. The van der Waals surface area contributed by atoms with Crippen LogP contribution >= 0.6 is 12.4 Å². The minimum atomic E-state index is -0.273. The number of hydrogen-bond acceptors (Lipinski definition) is 2. The number of amides is 1. The summed E-state index contributed by atoms with van der Waals surface area (Å²) in [6.45, 7) is 3.08. The Balaban J connectivity index is 0.00000220. The van der Waals surface area contributed by atoms with Crippen molar-refractivity contribution < 1.29 is 9.18 Å². The predicted octanol–water partition coefficient (Wildman–Crippen LogP) is 2.99. The van der Waals surface area contributed by atoms with Gasteiger partial charge in [-0.05, 0) is 50.0 Å². The Morgan fingerprint density at radius 3 is 2.67 bits per heavy atom. The van der Waals surface area contributed by atoms with Gasteiger partial charge in [0.2, 0.25) is 5.91 Å². The minimum Gasteiger partial charge on any atom is -0.335 e. The van der Waals surface area contributed by atoms with E-state index in [9.17, 15) is 9.18 Å². The van der Waals surface area contributed by atoms with Crippen LogP contribution in [0.3, 0.4) is 0 Å². The number of nitrogens with two attached hydrogens (primary N) is 1. The third kappa shape index (κ3) is 4.55. The molecule has 1 aromatic carbocycles. The van der Waals surface area contributed by atoms with Crippen molar-refractivity contribution in [2.75, 3.05) is 13.1 Å². The molecule has 116 valence electrons. The smallest absolute Gasteiger partial charge is 0.249 e. The van der Waals surface area contributed by atoms with Gasteiger partial charge in [-0.3, -0.25) is 4.79 Å². The number of carbonyl (C=O) groups excluding carboxylic acids is 1. The van der Waals surface area contributed by atoms with Crippen molar-refractivity contribution >= 4 is 24.4 Å². The fraction of sp³-hybridized carbons (Fsp3) is 0.438. The van der Waals surface area contributed by atoms with E-state index >= 15 is 0 Å². The fourth-order valence-electron chi connectivity index (χ4n) is 2.61. The standard InChI is InChI=1S/C16H21FN2O.ClH/c1-12(10-13-5-7-14(17)8-6-13)16(20)19-9-3-2-4-15(19)11-18;/h5-8,10,15H,2-4,9,11,18H2,1H3;1H/b12-10+;. The van der Waals surface area contributed by atoms with Crippen molar-refractivity contribution in [1.29, 1.82) is 0 Å². The summed E-state index contributed by atoms with van der Waals surface area (Å²) in [6, 6.07) is 6.28. The van der Waals surface area contributed by atoms with Crippen LogP contribution in [0.15, 0.2) is 29.8 Å². The van der Waals surface area contributed by atoms with Gasteiger partial charge in [0.05, 0.1) is 0 Å². The molecule has 0 aromatic heterocycles. The summed E-state index contributed by atoms with van der Waals surface area (Å²) in [7, 11) is 0. The SMILES string of the molecule is C/C(=C\c1ccc(F)cc1)C(=O)N1CCCCC1CN.Cl. The second kappa shape index (κ2) is 8.15. The number of likely N-dealkylation sites (tertiary alicyclic amines) is 1. The van der Waals surface area contributed by atoms with Crippen LogP contribution in [0.25, 0.3) is 6.08 Å². The van der Waals surface area contributed by atoms with Gasteiger partial charge in [0.25, 0.3) is 0 Å². The normalized spacial score (nSPS) is 19.1. The van der Waals surface area contributed by atoms with Crippen molar-refractivity contribution in [3.05, 3.63) is 41.2 Å². The Bertz CT molecular complexity index is 502. The van der Waals surface area contributed by atoms with E-state index in [1.54, 1.807) is 25.1 Å². The van der Waals surface area contributed by atoms with E-state index in [2.05, 4.69) is 0 Å². The molecule has 5 heteroatoms. The van der Waals surface area contributed by atoms with E-state index in [0.29, 0.717) is 12.1 Å². The van der Waals surface area contributed by atoms with Gasteiger partial charge in [-0.1, -0.05) is 12.1 Å². The number of carbonyl (C=O) groups is 1. The van der Waals surface area contributed by atoms with Gasteiger partial charge < -0.3 is 10.6 Å². The average Bonchev–Trinajstić information content (AvgIpc) is 2.48. The first kappa shape index (κ1) is 17.7. The van der Waals surface area contributed by atoms with E-state index in [4.69, 9.17) is 5.73 Å². The summed E-state index contributed by atoms with van der Waals surface area (Å²) >= 11 is 0. The van der Waals surface area contributed by atoms with Gasteiger partial charge in [-0.2, -0.15) is 0 Å². The molecule has 0 aliphatic carbocycles. The van der Waals surface area contributed by atoms with Crippen molar-refractivity contribution in [2.45, 2.75) is 32.2 Å². The molecule has 1 amide bonds. The molecule has 1 aromatic rings. The lowest BCUT2D eigenvalue weighted by atomic mass is 10.0. The molecule has 1 atom stereocenters. The molecule has 1 heterocycles. The first-order chi connectivity index (χ1) is 9.61. The van der Waals surface area contributed by atoms with Crippen LogP contribution in [0.5, 0.6) is 0 Å². The Hall–Kier alpha value is -1.39. The lowest BCUT2D eigenvalue weighted by Gasteiger charge is -2.35. The van der Waals surface area contributed by atoms with Gasteiger partial charge >= 0.3 is 0 Å². The molecular weight excluding hydrogens is 291 g/mol. The highest BCUT2D eigenvalue weighted by atomic mass is 35.5. The number of hydrogen-bond donors (Lipinski definition) is 1. The van der Waals surface area contributed by atoms with Crippen molar-refractivity contribution in [3.63, 3.8) is 0 Å². The molecule has 0 spiro atoms. The van der Waals surface area contributed by atoms with E-state index in [1.165, 1.54) is 12.1 Å². The highest BCUT2D eigenvalue weighted by molar-refractivity contribution is 5.97. The van der Waals surface area contributed by atoms with E-state index in [1.807, 2.05) is 4.90 Å². The second-order valence-electron chi connectivity index (χ2n) is 5.26. The highest BCUT2D eigenvalue weighted by Crippen LogP contribution is 2.19. The molecule has 0 saturated carbocycles. The van der Waals surface area contributed by atoms with Gasteiger partial charge in [-0.25, -0.2) is 4.39 Å². The first-order valence-corrected chi connectivity index (χ1v) is 7.06. The quantitative estimate of drug-likeness (QED) is 0.872. The number of rotatable bonds is 3. The highest BCUT2D eigenvalue weighted by Gasteiger charge is 2.26. The van der Waals surface area contributed by atoms with Gasteiger partial charge in [0.1, 0.15) is 5.82 Å². The molecule has 1 aliphatic heterocycles. The molecule has 1 unspecified atom stereocenters. The molecule has 0 bridgehead atoms. The minimum absolute atomic E-state index is 0. The van der Waals surface area contributed by atoms with Crippen LogP contribution in [0.4, 0.5) is 4.39 Å². The summed E-state index contributed by atoms with van der Waals surface area (Å²) in [4.78, 5) is 14.3. The van der Waals surface area contributed by atoms with Crippen molar-refractivity contribution in [1.82, 2.24) is 4.90 Å². The third-order valence-electron chi connectivity index (χ3n) is 3.75. The van der Waals surface area contributed by atoms with Crippen LogP contribution in [-0.4, -0.2) is 29.9 Å². The molecule has 0 radical (unpaired) electrons. The van der Waals surface area contributed by atoms with Crippen LogP contribution in [0.1, 0.15) is 31.7 Å². The monoisotopic (exact) mass is 312 g/mol. The lowest BCUT2D eigenvalue weighted by molar-refractivity contribution is -0.130. The largest absolute Gasteiger partial charge is 0.335 e. The third-order valence-corrected chi connectivity index (χ3v) is 3.75. The maximum Gasteiger partial charge on any atom is 0.249 e. The van der Waals surface area contributed by atoms with Crippen LogP contribution < -0.4 is 5.73 Å². The Morgan fingerprint density at radius 2 is 2.05 bits per heavy atom. The summed E-state index contributed by atoms with van der Waals surface area (Å²) in [5, 5.41) is 0. The van der Waals surface area contributed by atoms with E-state index < -0.39 is 0 Å². The van der Waals surface area contributed by atoms with Crippen LogP contribution in [0.2, 0.25) is 0 Å². The summed E-state index contributed by atoms with van der Waals surface area (Å²) in [5.41, 5.74) is 7.24. The first-order valence-electron chi connectivity index (χ1n) is 7.06. The Kier molecular flexibility index (Phi) is 6.85. The van der Waals surface area contributed by atoms with E-state index in [-0.39, 0.29) is 30.2 Å². The van der Waals surface area contributed by atoms with Crippen molar-refractivity contribution in [3.8, 4) is 0 Å². The topological polar surface area (TPSA) is 46.3 Å². The zero-order chi connectivity index (χ0) is 14.5. The zero-order valence-electron chi connectivity index (χ0n) is 12.2. The summed E-state index contributed by atoms with van der Waals surface area (Å²) in [6.07, 6.45) is 4.94. The molecule has 1 aliphatic rings. The van der Waals surface area contributed by atoms with Crippen molar-refractivity contribution in [2.24, 2.45) is 5.73 Å². The van der Waals surface area contributed by atoms with Crippen LogP contribution in [-0.2, 0) is 4.79 Å². The maximum atomic E-state index is 12.9. The Labute approximate surface area is 131 Å². The molecule has 3 nitrogen and oxygen atoms in total. The summed E-state index contributed by atoms with van der Waals surface area (Å²) in [5.74, 6) is -0.241. The van der Waals surface area contributed by atoms with Gasteiger partial charge in [0, 0.05) is 24.7 Å². The zero-order valence-corrected chi connectivity index (χ0v) is 13.0. The van der Waals surface area contributed by atoms with Gasteiger partial charge in [-0.15, -0.1) is 12.4 Å². The number of halogens is 2. The molecular formula is C16H22ClFN2O. The molecule has 2 rings (SSSR count). The lowest BCUT2D eigenvalue weighted by Crippen LogP contribution is -2.47. The fourth-order valence-corrected chi connectivity index (χ4v) is 2.61. The number of benzene rings is 1. The molecule has 2 N–H and O–H groups in total. The van der Waals surface area contributed by atoms with E-state index in [0.717, 1.165) is 31.4 Å². The molecule has 1 fully saturated rings.